The van der Waals surface area contributed by atoms with E-state index in [0.717, 1.165) is 10.2 Å². The van der Waals surface area contributed by atoms with Crippen LogP contribution in [-0.2, 0) is 16.1 Å². The first-order chi connectivity index (χ1) is 11.9. The Morgan fingerprint density at radius 3 is 2.48 bits per heavy atom. The number of aliphatic carboxylic acids is 1. The van der Waals surface area contributed by atoms with Crippen LogP contribution in [0.3, 0.4) is 0 Å². The minimum atomic E-state index is -1.37. The summed E-state index contributed by atoms with van der Waals surface area (Å²) in [5.74, 6) is -1.68. The molecule has 0 aliphatic rings. The molecule has 0 bridgehead atoms. The van der Waals surface area contributed by atoms with Crippen LogP contribution >= 0.6 is 0 Å². The lowest BCUT2D eigenvalue weighted by Crippen LogP contribution is -2.53. The van der Waals surface area contributed by atoms with E-state index in [1.54, 1.807) is 6.07 Å². The van der Waals surface area contributed by atoms with Crippen LogP contribution < -0.4 is 10.9 Å². The normalized spacial score (nSPS) is 13.0. The number of carboxylic acids is 1. The number of aromatic nitrogens is 2. The molecule has 2 rings (SSSR count). The van der Waals surface area contributed by atoms with Crippen molar-refractivity contribution in [1.29, 1.82) is 0 Å². The Labute approximate surface area is 145 Å². The molecule has 132 valence electrons. The lowest BCUT2D eigenvalue weighted by atomic mass is 9.96. The van der Waals surface area contributed by atoms with Crippen LogP contribution in [0.5, 0.6) is 0 Å². The van der Waals surface area contributed by atoms with Crippen LogP contribution in [0.25, 0.3) is 11.3 Å². The summed E-state index contributed by atoms with van der Waals surface area (Å²) in [6.45, 7) is 2.95. The molecule has 1 amide bonds. The van der Waals surface area contributed by atoms with Crippen molar-refractivity contribution in [3.05, 3.63) is 52.8 Å². The second-order valence-electron chi connectivity index (χ2n) is 6.02. The van der Waals surface area contributed by atoms with E-state index in [1.165, 1.54) is 13.0 Å². The molecule has 0 fully saturated rings. The predicted octanol–water partition coefficient (Wildman–Crippen LogP) is 1.67. The standard InChI is InChI=1S/C18H21N3O4/c1-3-11-18(2,17(24)25)19-15(22)12-21-16(23)10-9-14(20-21)13-7-5-4-6-8-13/h4-10H,3,11-12H2,1-2H3,(H,19,22)(H,24,25). The summed E-state index contributed by atoms with van der Waals surface area (Å²) in [4.78, 5) is 35.6. The molecule has 1 heterocycles. The monoisotopic (exact) mass is 343 g/mol. The fraction of sp³-hybridized carbons (Fsp3) is 0.333. The average Bonchev–Trinajstić information content (AvgIpc) is 2.57. The highest BCUT2D eigenvalue weighted by molar-refractivity contribution is 5.86. The number of carbonyl (C=O) groups excluding carboxylic acids is 1. The number of hydrogen-bond donors (Lipinski definition) is 2. The van der Waals surface area contributed by atoms with Crippen molar-refractivity contribution in [2.75, 3.05) is 0 Å². The zero-order valence-electron chi connectivity index (χ0n) is 14.2. The van der Waals surface area contributed by atoms with Gasteiger partial charge in [0.05, 0.1) is 5.69 Å². The van der Waals surface area contributed by atoms with Crippen LogP contribution in [0, 0.1) is 0 Å². The molecule has 7 nitrogen and oxygen atoms in total. The van der Waals surface area contributed by atoms with Crippen molar-refractivity contribution >= 4 is 11.9 Å². The van der Waals surface area contributed by atoms with Gasteiger partial charge < -0.3 is 10.4 Å². The van der Waals surface area contributed by atoms with Gasteiger partial charge in [-0.25, -0.2) is 9.48 Å². The van der Waals surface area contributed by atoms with Crippen LogP contribution in [0.1, 0.15) is 26.7 Å². The Morgan fingerprint density at radius 2 is 1.88 bits per heavy atom. The lowest BCUT2D eigenvalue weighted by molar-refractivity contribution is -0.147. The first-order valence-electron chi connectivity index (χ1n) is 8.04. The third-order valence-corrected chi connectivity index (χ3v) is 3.87. The van der Waals surface area contributed by atoms with Crippen molar-refractivity contribution < 1.29 is 14.7 Å². The number of nitrogens with one attached hydrogen (secondary N) is 1. The molecule has 25 heavy (non-hydrogen) atoms. The van der Waals surface area contributed by atoms with E-state index in [4.69, 9.17) is 0 Å². The highest BCUT2D eigenvalue weighted by atomic mass is 16.4. The maximum atomic E-state index is 12.2. The summed E-state index contributed by atoms with van der Waals surface area (Å²) < 4.78 is 1.03. The smallest absolute Gasteiger partial charge is 0.329 e. The second-order valence-corrected chi connectivity index (χ2v) is 6.02. The summed E-state index contributed by atoms with van der Waals surface area (Å²) >= 11 is 0. The topological polar surface area (TPSA) is 101 Å². The number of carbonyl (C=O) groups is 2. The van der Waals surface area contributed by atoms with Crippen LogP contribution in [0.4, 0.5) is 0 Å². The molecule has 0 aliphatic heterocycles. The summed E-state index contributed by atoms with van der Waals surface area (Å²) in [5.41, 5.74) is -0.421. The van der Waals surface area contributed by atoms with E-state index >= 15 is 0 Å². The van der Waals surface area contributed by atoms with Gasteiger partial charge in [0.1, 0.15) is 12.1 Å². The van der Waals surface area contributed by atoms with Gasteiger partial charge >= 0.3 is 5.97 Å². The van der Waals surface area contributed by atoms with Gasteiger partial charge in [0.15, 0.2) is 0 Å². The largest absolute Gasteiger partial charge is 0.480 e. The number of rotatable bonds is 7. The maximum Gasteiger partial charge on any atom is 0.329 e. The summed E-state index contributed by atoms with van der Waals surface area (Å²) in [6, 6.07) is 12.2. The van der Waals surface area contributed by atoms with Crippen molar-refractivity contribution in [1.82, 2.24) is 15.1 Å². The first kappa shape index (κ1) is 18.4. The summed E-state index contributed by atoms with van der Waals surface area (Å²) in [5, 5.41) is 16.0. The lowest BCUT2D eigenvalue weighted by Gasteiger charge is -2.25. The molecule has 1 unspecified atom stereocenters. The molecule has 2 aromatic rings. The molecule has 1 aromatic heterocycles. The Bertz CT molecular complexity index is 817. The van der Waals surface area contributed by atoms with Crippen molar-refractivity contribution in [3.63, 3.8) is 0 Å². The highest BCUT2D eigenvalue weighted by Crippen LogP contribution is 2.14. The zero-order chi connectivity index (χ0) is 18.4. The van der Waals surface area contributed by atoms with Crippen LogP contribution in [0.2, 0.25) is 0 Å². The molecule has 7 heteroatoms. The van der Waals surface area contributed by atoms with Crippen LogP contribution in [-0.4, -0.2) is 32.3 Å². The van der Waals surface area contributed by atoms with Gasteiger partial charge in [0.25, 0.3) is 5.56 Å². The zero-order valence-corrected chi connectivity index (χ0v) is 14.2. The number of benzene rings is 1. The van der Waals surface area contributed by atoms with Crippen molar-refractivity contribution in [3.8, 4) is 11.3 Å². The van der Waals surface area contributed by atoms with Gasteiger partial charge in [0.2, 0.25) is 5.91 Å². The van der Waals surface area contributed by atoms with E-state index in [1.807, 2.05) is 37.3 Å². The Morgan fingerprint density at radius 1 is 1.20 bits per heavy atom. The van der Waals surface area contributed by atoms with E-state index in [0.29, 0.717) is 18.5 Å². The van der Waals surface area contributed by atoms with E-state index in [9.17, 15) is 19.5 Å². The van der Waals surface area contributed by atoms with Gasteiger partial charge in [0, 0.05) is 11.6 Å². The minimum absolute atomic E-state index is 0.292. The third kappa shape index (κ3) is 4.53. The third-order valence-electron chi connectivity index (χ3n) is 3.87. The first-order valence-corrected chi connectivity index (χ1v) is 8.04. The van der Waals surface area contributed by atoms with Crippen LogP contribution in [0.15, 0.2) is 47.3 Å². The maximum absolute atomic E-state index is 12.2. The van der Waals surface area contributed by atoms with Gasteiger partial charge in [-0.3, -0.25) is 9.59 Å². The molecule has 0 aliphatic carbocycles. The minimum Gasteiger partial charge on any atom is -0.480 e. The molecule has 0 radical (unpaired) electrons. The molecular formula is C18H21N3O4. The molecule has 1 aromatic carbocycles. The van der Waals surface area contributed by atoms with Gasteiger partial charge in [-0.2, -0.15) is 5.10 Å². The Hall–Kier alpha value is -2.96. The van der Waals surface area contributed by atoms with E-state index < -0.39 is 23.0 Å². The van der Waals surface area contributed by atoms with Crippen molar-refractivity contribution in [2.45, 2.75) is 38.8 Å². The van der Waals surface area contributed by atoms with Crippen molar-refractivity contribution in [2.24, 2.45) is 0 Å². The second kappa shape index (κ2) is 7.74. The summed E-state index contributed by atoms with van der Waals surface area (Å²) in [7, 11) is 0. The molecule has 0 saturated heterocycles. The number of amides is 1. The number of hydrogen-bond acceptors (Lipinski definition) is 4. The number of nitrogens with zero attached hydrogens (tertiary/aromatic N) is 2. The fourth-order valence-corrected chi connectivity index (χ4v) is 2.53. The Kier molecular flexibility index (Phi) is 5.69. The summed E-state index contributed by atoms with van der Waals surface area (Å²) in [6.07, 6.45) is 0.894. The fourth-order valence-electron chi connectivity index (χ4n) is 2.53. The molecule has 1 atom stereocenters. The van der Waals surface area contributed by atoms with E-state index in [-0.39, 0.29) is 6.54 Å². The average molecular weight is 343 g/mol. The number of carboxylic acid groups (broad SMARTS) is 1. The quantitative estimate of drug-likeness (QED) is 0.796. The molecule has 2 N–H and O–H groups in total. The van der Waals surface area contributed by atoms with Gasteiger partial charge in [-0.15, -0.1) is 0 Å². The molecule has 0 spiro atoms. The van der Waals surface area contributed by atoms with Gasteiger partial charge in [-0.1, -0.05) is 43.7 Å². The van der Waals surface area contributed by atoms with E-state index in [2.05, 4.69) is 10.4 Å². The predicted molar refractivity (Wildman–Crippen MR) is 93.0 cm³/mol. The Balaban J connectivity index is 2.21. The molecule has 0 saturated carbocycles. The SMILES string of the molecule is CCCC(C)(NC(=O)Cn1nc(-c2ccccc2)ccc1=O)C(=O)O. The highest BCUT2D eigenvalue weighted by Gasteiger charge is 2.33. The van der Waals surface area contributed by atoms with Gasteiger partial charge in [-0.05, 0) is 19.4 Å². The molecular weight excluding hydrogens is 322 g/mol.